The van der Waals surface area contributed by atoms with Gasteiger partial charge in [0.05, 0.1) is 11.6 Å². The van der Waals surface area contributed by atoms with Gasteiger partial charge < -0.3 is 5.32 Å². The van der Waals surface area contributed by atoms with Crippen LogP contribution in [-0.2, 0) is 6.54 Å². The van der Waals surface area contributed by atoms with E-state index in [1.165, 1.54) is 11.1 Å². The summed E-state index contributed by atoms with van der Waals surface area (Å²) in [7, 11) is 0. The Balaban J connectivity index is 1.93. The molecule has 0 aromatic heterocycles. The van der Waals surface area contributed by atoms with E-state index in [1.54, 1.807) is 0 Å². The second kappa shape index (κ2) is 6.00. The summed E-state index contributed by atoms with van der Waals surface area (Å²) < 4.78 is 0. The molecule has 0 fully saturated rings. The molecular weight excluding hydrogens is 220 g/mol. The molecule has 90 valence electrons. The summed E-state index contributed by atoms with van der Waals surface area (Å²) in [6.07, 6.45) is 0. The van der Waals surface area contributed by atoms with Crippen molar-refractivity contribution in [2.24, 2.45) is 0 Å². The van der Waals surface area contributed by atoms with Gasteiger partial charge in [0.15, 0.2) is 0 Å². The van der Waals surface area contributed by atoms with Crippen LogP contribution in [0.5, 0.6) is 0 Å². The Hall–Kier alpha value is -2.11. The van der Waals surface area contributed by atoms with Crippen molar-refractivity contribution in [3.63, 3.8) is 0 Å². The maximum atomic E-state index is 8.73. The third-order valence-electron chi connectivity index (χ3n) is 2.99. The van der Waals surface area contributed by atoms with Crippen molar-refractivity contribution in [2.45, 2.75) is 19.5 Å². The maximum Gasteiger partial charge on any atom is 0.0991 e. The SMILES string of the molecule is CC(NCc1ccc(C#N)cc1)c1ccccc1. The molecule has 18 heavy (non-hydrogen) atoms. The van der Waals surface area contributed by atoms with Crippen molar-refractivity contribution in [3.8, 4) is 6.07 Å². The molecule has 2 aromatic carbocycles. The molecule has 1 N–H and O–H groups in total. The highest BCUT2D eigenvalue weighted by Crippen LogP contribution is 2.12. The Morgan fingerprint density at radius 3 is 2.33 bits per heavy atom. The van der Waals surface area contributed by atoms with Gasteiger partial charge in [-0.2, -0.15) is 5.26 Å². The van der Waals surface area contributed by atoms with Gasteiger partial charge in [-0.15, -0.1) is 0 Å². The summed E-state index contributed by atoms with van der Waals surface area (Å²) in [5.41, 5.74) is 3.18. The number of hydrogen-bond donors (Lipinski definition) is 1. The summed E-state index contributed by atoms with van der Waals surface area (Å²) in [4.78, 5) is 0. The van der Waals surface area contributed by atoms with Crippen LogP contribution in [0.15, 0.2) is 54.6 Å². The zero-order valence-corrected chi connectivity index (χ0v) is 10.4. The Bertz CT molecular complexity index is 523. The molecule has 0 saturated heterocycles. The van der Waals surface area contributed by atoms with Gasteiger partial charge in [-0.3, -0.25) is 0 Å². The fraction of sp³-hybridized carbons (Fsp3) is 0.188. The van der Waals surface area contributed by atoms with Crippen molar-refractivity contribution in [2.75, 3.05) is 0 Å². The van der Waals surface area contributed by atoms with Gasteiger partial charge in [-0.05, 0) is 30.2 Å². The molecule has 2 aromatic rings. The molecule has 0 amide bonds. The normalized spacial score (nSPS) is 11.8. The van der Waals surface area contributed by atoms with Crippen LogP contribution in [0.3, 0.4) is 0 Å². The zero-order valence-electron chi connectivity index (χ0n) is 10.4. The molecule has 0 spiro atoms. The van der Waals surface area contributed by atoms with Crippen molar-refractivity contribution in [3.05, 3.63) is 71.3 Å². The molecule has 2 rings (SSSR count). The van der Waals surface area contributed by atoms with Crippen LogP contribution in [0.4, 0.5) is 0 Å². The molecule has 1 atom stereocenters. The Morgan fingerprint density at radius 1 is 1.06 bits per heavy atom. The number of nitrogens with zero attached hydrogens (tertiary/aromatic N) is 1. The van der Waals surface area contributed by atoms with Crippen LogP contribution in [0.1, 0.15) is 29.7 Å². The molecule has 0 heterocycles. The van der Waals surface area contributed by atoms with Crippen molar-refractivity contribution in [1.29, 1.82) is 5.26 Å². The topological polar surface area (TPSA) is 35.8 Å². The Labute approximate surface area is 108 Å². The lowest BCUT2D eigenvalue weighted by atomic mass is 10.1. The van der Waals surface area contributed by atoms with Crippen LogP contribution >= 0.6 is 0 Å². The monoisotopic (exact) mass is 236 g/mol. The van der Waals surface area contributed by atoms with Gasteiger partial charge in [0.1, 0.15) is 0 Å². The number of hydrogen-bond acceptors (Lipinski definition) is 2. The Kier molecular flexibility index (Phi) is 4.11. The minimum Gasteiger partial charge on any atom is -0.306 e. The van der Waals surface area contributed by atoms with E-state index >= 15 is 0 Å². The van der Waals surface area contributed by atoms with Gasteiger partial charge in [0.2, 0.25) is 0 Å². The van der Waals surface area contributed by atoms with E-state index < -0.39 is 0 Å². The fourth-order valence-electron chi connectivity index (χ4n) is 1.83. The summed E-state index contributed by atoms with van der Waals surface area (Å²) in [5.74, 6) is 0. The molecular formula is C16H16N2. The first kappa shape index (κ1) is 12.3. The lowest BCUT2D eigenvalue weighted by Crippen LogP contribution is -2.17. The maximum absolute atomic E-state index is 8.73. The van der Waals surface area contributed by atoms with E-state index in [4.69, 9.17) is 5.26 Å². The van der Waals surface area contributed by atoms with Gasteiger partial charge in [0.25, 0.3) is 0 Å². The first-order valence-electron chi connectivity index (χ1n) is 6.07. The minimum atomic E-state index is 0.321. The smallest absolute Gasteiger partial charge is 0.0991 e. The first-order chi connectivity index (χ1) is 8.79. The van der Waals surface area contributed by atoms with E-state index in [9.17, 15) is 0 Å². The van der Waals surface area contributed by atoms with E-state index in [-0.39, 0.29) is 0 Å². The van der Waals surface area contributed by atoms with Crippen LogP contribution < -0.4 is 5.32 Å². The standard InChI is InChI=1S/C16H16N2/c1-13(16-5-3-2-4-6-16)18-12-15-9-7-14(11-17)8-10-15/h2-10,13,18H,12H2,1H3. The Morgan fingerprint density at radius 2 is 1.72 bits per heavy atom. The summed E-state index contributed by atoms with van der Waals surface area (Å²) >= 11 is 0. The van der Waals surface area contributed by atoms with Crippen LogP contribution in [0.2, 0.25) is 0 Å². The summed E-state index contributed by atoms with van der Waals surface area (Å²) in [6.45, 7) is 2.96. The van der Waals surface area contributed by atoms with E-state index in [2.05, 4.69) is 42.6 Å². The second-order valence-electron chi connectivity index (χ2n) is 4.32. The van der Waals surface area contributed by atoms with Gasteiger partial charge >= 0.3 is 0 Å². The molecule has 0 aliphatic heterocycles. The minimum absolute atomic E-state index is 0.321. The molecule has 0 aliphatic carbocycles. The molecule has 0 saturated carbocycles. The highest BCUT2D eigenvalue weighted by Gasteiger charge is 2.03. The second-order valence-corrected chi connectivity index (χ2v) is 4.32. The number of nitrogens with one attached hydrogen (secondary N) is 1. The number of nitriles is 1. The predicted octanol–water partition coefficient (Wildman–Crippen LogP) is 3.41. The molecule has 0 aliphatic rings. The highest BCUT2D eigenvalue weighted by atomic mass is 14.9. The summed E-state index contributed by atoms with van der Waals surface area (Å²) in [6, 6.07) is 20.5. The van der Waals surface area contributed by atoms with Crippen LogP contribution in [0, 0.1) is 11.3 Å². The van der Waals surface area contributed by atoms with Gasteiger partial charge in [0, 0.05) is 12.6 Å². The molecule has 2 nitrogen and oxygen atoms in total. The first-order valence-corrected chi connectivity index (χ1v) is 6.07. The molecule has 2 heteroatoms. The summed E-state index contributed by atoms with van der Waals surface area (Å²) in [5, 5.41) is 12.2. The van der Waals surface area contributed by atoms with E-state index in [0.29, 0.717) is 11.6 Å². The third-order valence-corrected chi connectivity index (χ3v) is 2.99. The lowest BCUT2D eigenvalue weighted by molar-refractivity contribution is 0.575. The zero-order chi connectivity index (χ0) is 12.8. The number of benzene rings is 2. The molecule has 0 bridgehead atoms. The predicted molar refractivity (Wildman–Crippen MR) is 72.9 cm³/mol. The van der Waals surface area contributed by atoms with Crippen molar-refractivity contribution in [1.82, 2.24) is 5.32 Å². The lowest BCUT2D eigenvalue weighted by Gasteiger charge is -2.14. The van der Waals surface area contributed by atoms with Gasteiger partial charge in [-0.25, -0.2) is 0 Å². The van der Waals surface area contributed by atoms with Crippen molar-refractivity contribution < 1.29 is 0 Å². The molecule has 0 radical (unpaired) electrons. The average molecular weight is 236 g/mol. The quantitative estimate of drug-likeness (QED) is 0.883. The average Bonchev–Trinajstić information content (AvgIpc) is 2.46. The van der Waals surface area contributed by atoms with Crippen LogP contribution in [0.25, 0.3) is 0 Å². The largest absolute Gasteiger partial charge is 0.306 e. The third kappa shape index (κ3) is 3.19. The molecule has 1 unspecified atom stereocenters. The van der Waals surface area contributed by atoms with Gasteiger partial charge in [-0.1, -0.05) is 42.5 Å². The van der Waals surface area contributed by atoms with E-state index in [0.717, 1.165) is 6.54 Å². The van der Waals surface area contributed by atoms with Crippen molar-refractivity contribution >= 4 is 0 Å². The number of rotatable bonds is 4. The van der Waals surface area contributed by atoms with E-state index in [1.807, 2.05) is 30.3 Å². The fourth-order valence-corrected chi connectivity index (χ4v) is 1.83. The highest BCUT2D eigenvalue weighted by molar-refractivity contribution is 5.31. The van der Waals surface area contributed by atoms with Crippen LogP contribution in [-0.4, -0.2) is 0 Å².